The van der Waals surface area contributed by atoms with Crippen molar-refractivity contribution in [3.05, 3.63) is 88.9 Å². The largest absolute Gasteiger partial charge is 0.497 e. The van der Waals surface area contributed by atoms with Gasteiger partial charge in [-0.25, -0.2) is 0 Å². The lowest BCUT2D eigenvalue weighted by Crippen LogP contribution is -2.43. The molecule has 3 aromatic carbocycles. The van der Waals surface area contributed by atoms with Crippen molar-refractivity contribution in [3.8, 4) is 5.75 Å². The number of para-hydroxylation sites is 1. The Labute approximate surface area is 157 Å². The Kier molecular flexibility index (Phi) is 4.27. The number of hydrogen-bond acceptors (Lipinski definition) is 3. The molecule has 1 N–H and O–H groups in total. The van der Waals surface area contributed by atoms with Gasteiger partial charge in [0.2, 0.25) is 0 Å². The van der Waals surface area contributed by atoms with Crippen LogP contribution in [0.25, 0.3) is 0 Å². The number of benzene rings is 3. The molecule has 3 aromatic rings. The van der Waals surface area contributed by atoms with Crippen molar-refractivity contribution < 1.29 is 9.53 Å². The molecule has 130 valence electrons. The van der Waals surface area contributed by atoms with Gasteiger partial charge in [-0.2, -0.15) is 0 Å². The van der Waals surface area contributed by atoms with Gasteiger partial charge < -0.3 is 10.1 Å². The minimum Gasteiger partial charge on any atom is -0.497 e. The molecule has 5 heteroatoms. The molecule has 0 radical (unpaired) electrons. The van der Waals surface area contributed by atoms with Gasteiger partial charge in [-0.3, -0.25) is 9.69 Å². The second-order valence-electron chi connectivity index (χ2n) is 6.02. The third-order valence-electron chi connectivity index (χ3n) is 4.46. The van der Waals surface area contributed by atoms with Gasteiger partial charge in [0.25, 0.3) is 5.91 Å². The minimum atomic E-state index is -0.329. The molecule has 1 atom stereocenters. The summed E-state index contributed by atoms with van der Waals surface area (Å²) in [6.45, 7) is 0. The second kappa shape index (κ2) is 6.73. The highest BCUT2D eigenvalue weighted by Crippen LogP contribution is 2.37. The number of carbonyl (C=O) groups excluding carboxylic acids is 1. The Hall–Kier alpha value is -2.98. The number of nitrogens with zero attached hydrogens (tertiary/aromatic N) is 1. The first-order valence-electron chi connectivity index (χ1n) is 8.26. The summed E-state index contributed by atoms with van der Waals surface area (Å²) in [6.07, 6.45) is -0.329. The van der Waals surface area contributed by atoms with E-state index in [0.717, 1.165) is 22.7 Å². The van der Waals surface area contributed by atoms with Gasteiger partial charge in [0.05, 0.1) is 12.7 Å². The number of anilines is 2. The molecule has 1 amide bonds. The fourth-order valence-electron chi connectivity index (χ4n) is 3.14. The summed E-state index contributed by atoms with van der Waals surface area (Å²) >= 11 is 6.02. The number of amides is 1. The Balaban J connectivity index is 1.82. The summed E-state index contributed by atoms with van der Waals surface area (Å²) in [5.74, 6) is 0.719. The number of nitrogens with one attached hydrogen (secondary N) is 1. The van der Waals surface area contributed by atoms with Gasteiger partial charge in [-0.15, -0.1) is 0 Å². The van der Waals surface area contributed by atoms with Crippen molar-refractivity contribution in [1.29, 1.82) is 0 Å². The summed E-state index contributed by atoms with van der Waals surface area (Å²) in [5, 5.41) is 4.11. The van der Waals surface area contributed by atoms with Crippen LogP contribution in [-0.2, 0) is 0 Å². The summed E-state index contributed by atoms with van der Waals surface area (Å²) in [6, 6.07) is 22.5. The Morgan fingerprint density at radius 3 is 2.35 bits per heavy atom. The maximum absolute atomic E-state index is 13.2. The molecule has 1 aliphatic rings. The maximum atomic E-state index is 13.2. The first kappa shape index (κ1) is 16.5. The van der Waals surface area contributed by atoms with Gasteiger partial charge in [-0.05, 0) is 54.1 Å². The fraction of sp³-hybridized carbons (Fsp3) is 0.0952. The zero-order valence-electron chi connectivity index (χ0n) is 14.1. The molecule has 4 nitrogen and oxygen atoms in total. The number of hydrogen-bond donors (Lipinski definition) is 1. The average Bonchev–Trinajstić information content (AvgIpc) is 2.69. The number of fused-ring (bicyclic) bond motifs is 1. The van der Waals surface area contributed by atoms with Crippen LogP contribution in [0, 0.1) is 0 Å². The number of rotatable bonds is 3. The first-order valence-corrected chi connectivity index (χ1v) is 8.64. The van der Waals surface area contributed by atoms with E-state index in [9.17, 15) is 4.79 Å². The van der Waals surface area contributed by atoms with Crippen LogP contribution in [0.5, 0.6) is 5.75 Å². The molecule has 0 saturated heterocycles. The number of halogens is 1. The Morgan fingerprint density at radius 2 is 1.65 bits per heavy atom. The highest BCUT2D eigenvalue weighted by Gasteiger charge is 2.33. The molecular formula is C21H17ClN2O2. The van der Waals surface area contributed by atoms with Crippen molar-refractivity contribution in [1.82, 2.24) is 0 Å². The molecule has 0 fully saturated rings. The molecule has 1 aliphatic heterocycles. The van der Waals surface area contributed by atoms with E-state index in [0.29, 0.717) is 10.6 Å². The van der Waals surface area contributed by atoms with Crippen LogP contribution in [0.2, 0.25) is 5.02 Å². The molecule has 4 rings (SSSR count). The lowest BCUT2D eigenvalue weighted by molar-refractivity contribution is 0.0975. The van der Waals surface area contributed by atoms with Crippen LogP contribution in [0.3, 0.4) is 0 Å². The quantitative estimate of drug-likeness (QED) is 0.701. The lowest BCUT2D eigenvalue weighted by atomic mass is 10.0. The molecule has 0 aliphatic carbocycles. The second-order valence-corrected chi connectivity index (χ2v) is 6.45. The third kappa shape index (κ3) is 2.89. The zero-order valence-corrected chi connectivity index (χ0v) is 14.9. The third-order valence-corrected chi connectivity index (χ3v) is 4.72. The minimum absolute atomic E-state index is 0.0532. The van der Waals surface area contributed by atoms with Gasteiger partial charge in [0, 0.05) is 16.4 Å². The molecule has 0 aromatic heterocycles. The molecule has 0 spiro atoms. The maximum Gasteiger partial charge on any atom is 0.262 e. The number of ether oxygens (including phenoxy) is 1. The lowest BCUT2D eigenvalue weighted by Gasteiger charge is -2.38. The monoisotopic (exact) mass is 364 g/mol. The van der Waals surface area contributed by atoms with Crippen LogP contribution in [0.4, 0.5) is 11.4 Å². The SMILES string of the molecule is COc1ccc(C2Nc3ccccc3C(=O)N2c2ccc(Cl)cc2)cc1. The van der Waals surface area contributed by atoms with Gasteiger partial charge >= 0.3 is 0 Å². The van der Waals surface area contributed by atoms with E-state index in [1.165, 1.54) is 0 Å². The van der Waals surface area contributed by atoms with Crippen LogP contribution in [0.15, 0.2) is 72.8 Å². The van der Waals surface area contributed by atoms with Crippen LogP contribution < -0.4 is 15.0 Å². The zero-order chi connectivity index (χ0) is 18.1. The van der Waals surface area contributed by atoms with Gasteiger partial charge in [0.15, 0.2) is 0 Å². The standard InChI is InChI=1S/C21H17ClN2O2/c1-26-17-12-6-14(7-13-17)20-23-19-5-3-2-4-18(19)21(25)24(20)16-10-8-15(22)9-11-16/h2-13,20,23H,1H3. The van der Waals surface area contributed by atoms with Crippen molar-refractivity contribution in [2.75, 3.05) is 17.3 Å². The molecule has 0 saturated carbocycles. The number of methoxy groups -OCH3 is 1. The molecular weight excluding hydrogens is 348 g/mol. The summed E-state index contributed by atoms with van der Waals surface area (Å²) < 4.78 is 5.24. The van der Waals surface area contributed by atoms with Crippen molar-refractivity contribution >= 4 is 28.9 Å². The predicted octanol–water partition coefficient (Wildman–Crippen LogP) is 5.12. The molecule has 1 heterocycles. The first-order chi connectivity index (χ1) is 12.7. The van der Waals surface area contributed by atoms with Gasteiger partial charge in [-0.1, -0.05) is 35.9 Å². The number of carbonyl (C=O) groups is 1. The molecule has 26 heavy (non-hydrogen) atoms. The van der Waals surface area contributed by atoms with E-state index in [4.69, 9.17) is 16.3 Å². The van der Waals surface area contributed by atoms with E-state index in [1.54, 1.807) is 24.1 Å². The van der Waals surface area contributed by atoms with Crippen molar-refractivity contribution in [3.63, 3.8) is 0 Å². The van der Waals surface area contributed by atoms with Gasteiger partial charge in [0.1, 0.15) is 11.9 Å². The predicted molar refractivity (Wildman–Crippen MR) is 104 cm³/mol. The molecule has 0 bridgehead atoms. The highest BCUT2D eigenvalue weighted by molar-refractivity contribution is 6.30. The van der Waals surface area contributed by atoms with E-state index in [1.807, 2.05) is 60.7 Å². The van der Waals surface area contributed by atoms with Crippen LogP contribution in [0.1, 0.15) is 22.1 Å². The van der Waals surface area contributed by atoms with E-state index in [2.05, 4.69) is 5.32 Å². The fourth-order valence-corrected chi connectivity index (χ4v) is 3.27. The summed E-state index contributed by atoms with van der Waals surface area (Å²) in [7, 11) is 1.63. The highest BCUT2D eigenvalue weighted by atomic mass is 35.5. The average molecular weight is 365 g/mol. The Bertz CT molecular complexity index is 939. The van der Waals surface area contributed by atoms with E-state index in [-0.39, 0.29) is 12.1 Å². The van der Waals surface area contributed by atoms with Crippen molar-refractivity contribution in [2.24, 2.45) is 0 Å². The summed E-state index contributed by atoms with van der Waals surface area (Å²) in [4.78, 5) is 15.0. The van der Waals surface area contributed by atoms with Crippen molar-refractivity contribution in [2.45, 2.75) is 6.17 Å². The Morgan fingerprint density at radius 1 is 0.962 bits per heavy atom. The van der Waals surface area contributed by atoms with Crippen LogP contribution in [-0.4, -0.2) is 13.0 Å². The van der Waals surface area contributed by atoms with E-state index < -0.39 is 0 Å². The molecule has 1 unspecified atom stereocenters. The van der Waals surface area contributed by atoms with E-state index >= 15 is 0 Å². The summed E-state index contributed by atoms with van der Waals surface area (Å²) in [5.41, 5.74) is 3.21. The normalized spacial score (nSPS) is 16.0. The topological polar surface area (TPSA) is 41.6 Å². The smallest absolute Gasteiger partial charge is 0.262 e. The van der Waals surface area contributed by atoms with Crippen LogP contribution >= 0.6 is 11.6 Å².